The Hall–Kier alpha value is -2.16. The summed E-state index contributed by atoms with van der Waals surface area (Å²) < 4.78 is 0. The molecule has 3 nitrogen and oxygen atoms in total. The number of anilines is 1. The quantitative estimate of drug-likeness (QED) is 0.912. The maximum absolute atomic E-state index is 12.0. The van der Waals surface area contributed by atoms with Gasteiger partial charge in [-0.25, -0.2) is 0 Å². The van der Waals surface area contributed by atoms with Crippen molar-refractivity contribution in [1.82, 2.24) is 4.98 Å². The summed E-state index contributed by atoms with van der Waals surface area (Å²) in [6, 6.07) is 11.7. The van der Waals surface area contributed by atoms with Gasteiger partial charge in [-0.15, -0.1) is 0 Å². The number of hydrogen-bond donors (Lipinski definition) is 1. The molecule has 1 aliphatic carbocycles. The average molecular weight is 266 g/mol. The van der Waals surface area contributed by atoms with Crippen molar-refractivity contribution in [2.24, 2.45) is 0 Å². The Morgan fingerprint density at radius 3 is 2.30 bits per heavy atom. The van der Waals surface area contributed by atoms with Crippen molar-refractivity contribution in [3.8, 4) is 0 Å². The molecule has 102 valence electrons. The van der Waals surface area contributed by atoms with Gasteiger partial charge in [-0.1, -0.05) is 25.0 Å². The van der Waals surface area contributed by atoms with Gasteiger partial charge >= 0.3 is 0 Å². The first-order valence-corrected chi connectivity index (χ1v) is 7.14. The normalized spacial score (nSPS) is 15.2. The molecule has 20 heavy (non-hydrogen) atoms. The van der Waals surface area contributed by atoms with Crippen LogP contribution in [-0.4, -0.2) is 10.9 Å². The van der Waals surface area contributed by atoms with Gasteiger partial charge in [0.05, 0.1) is 0 Å². The lowest BCUT2D eigenvalue weighted by atomic mass is 9.97. The molecule has 1 aromatic carbocycles. The third kappa shape index (κ3) is 2.87. The van der Waals surface area contributed by atoms with Gasteiger partial charge in [0.15, 0.2) is 0 Å². The van der Waals surface area contributed by atoms with E-state index in [-0.39, 0.29) is 5.91 Å². The molecule has 0 radical (unpaired) electrons. The summed E-state index contributed by atoms with van der Waals surface area (Å²) in [6.07, 6.45) is 8.51. The Morgan fingerprint density at radius 2 is 1.65 bits per heavy atom. The zero-order valence-corrected chi connectivity index (χ0v) is 11.4. The van der Waals surface area contributed by atoms with E-state index in [0.717, 1.165) is 5.69 Å². The summed E-state index contributed by atoms with van der Waals surface area (Å²) in [4.78, 5) is 15.9. The number of aromatic nitrogens is 1. The number of hydrogen-bond acceptors (Lipinski definition) is 2. The Kier molecular flexibility index (Phi) is 3.77. The van der Waals surface area contributed by atoms with Crippen molar-refractivity contribution in [3.63, 3.8) is 0 Å². The molecule has 1 N–H and O–H groups in total. The predicted octanol–water partition coefficient (Wildman–Crippen LogP) is 3.99. The summed E-state index contributed by atoms with van der Waals surface area (Å²) in [5.74, 6) is 0.612. The number of pyridine rings is 1. The summed E-state index contributed by atoms with van der Waals surface area (Å²) in [5.41, 5.74) is 2.86. The third-order valence-corrected chi connectivity index (χ3v) is 3.94. The smallest absolute Gasteiger partial charge is 0.255 e. The lowest BCUT2D eigenvalue weighted by molar-refractivity contribution is 0.102. The van der Waals surface area contributed by atoms with E-state index in [0.29, 0.717) is 11.5 Å². The summed E-state index contributed by atoms with van der Waals surface area (Å²) in [5, 5.41) is 2.91. The zero-order chi connectivity index (χ0) is 13.8. The first-order chi connectivity index (χ1) is 9.83. The standard InChI is InChI=1S/C17H18N2O/c20-17(15-9-11-18-12-10-15)19-16-7-5-14(6-8-16)13-3-1-2-4-13/h5-13H,1-4H2,(H,19,20). The number of nitrogens with one attached hydrogen (secondary N) is 1. The fraction of sp³-hybridized carbons (Fsp3) is 0.294. The molecule has 0 saturated heterocycles. The minimum absolute atomic E-state index is 0.0963. The van der Waals surface area contributed by atoms with Crippen LogP contribution in [-0.2, 0) is 0 Å². The van der Waals surface area contributed by atoms with Gasteiger partial charge in [-0.05, 0) is 48.6 Å². The van der Waals surface area contributed by atoms with Crippen LogP contribution >= 0.6 is 0 Å². The molecule has 0 atom stereocenters. The van der Waals surface area contributed by atoms with Crippen LogP contribution in [0.25, 0.3) is 0 Å². The van der Waals surface area contributed by atoms with Gasteiger partial charge in [-0.2, -0.15) is 0 Å². The van der Waals surface area contributed by atoms with Crippen LogP contribution in [0.3, 0.4) is 0 Å². The number of amides is 1. The average Bonchev–Trinajstić information content (AvgIpc) is 3.03. The molecule has 0 aliphatic heterocycles. The molecule has 1 amide bonds. The van der Waals surface area contributed by atoms with Gasteiger partial charge in [-0.3, -0.25) is 9.78 Å². The van der Waals surface area contributed by atoms with Crippen molar-refractivity contribution in [3.05, 3.63) is 59.9 Å². The predicted molar refractivity (Wildman–Crippen MR) is 79.8 cm³/mol. The van der Waals surface area contributed by atoms with Crippen LogP contribution in [0.4, 0.5) is 5.69 Å². The fourth-order valence-electron chi connectivity index (χ4n) is 2.80. The van der Waals surface area contributed by atoms with Crippen molar-refractivity contribution >= 4 is 11.6 Å². The zero-order valence-electron chi connectivity index (χ0n) is 11.4. The second-order valence-corrected chi connectivity index (χ2v) is 5.29. The van der Waals surface area contributed by atoms with E-state index in [2.05, 4.69) is 22.4 Å². The highest BCUT2D eigenvalue weighted by atomic mass is 16.1. The molecule has 1 saturated carbocycles. The molecule has 1 heterocycles. The van der Waals surface area contributed by atoms with Gasteiger partial charge in [0.25, 0.3) is 5.91 Å². The first-order valence-electron chi connectivity index (χ1n) is 7.14. The molecule has 3 rings (SSSR count). The summed E-state index contributed by atoms with van der Waals surface area (Å²) in [7, 11) is 0. The fourth-order valence-corrected chi connectivity index (χ4v) is 2.80. The van der Waals surface area contributed by atoms with E-state index in [9.17, 15) is 4.79 Å². The van der Waals surface area contributed by atoms with Crippen LogP contribution in [0.1, 0.15) is 47.5 Å². The topological polar surface area (TPSA) is 42.0 Å². The molecule has 2 aromatic rings. The van der Waals surface area contributed by atoms with Crippen molar-refractivity contribution < 1.29 is 4.79 Å². The van der Waals surface area contributed by atoms with Crippen LogP contribution in [0.5, 0.6) is 0 Å². The highest BCUT2D eigenvalue weighted by molar-refractivity contribution is 6.04. The number of nitrogens with zero attached hydrogens (tertiary/aromatic N) is 1. The maximum Gasteiger partial charge on any atom is 0.255 e. The Morgan fingerprint density at radius 1 is 1.00 bits per heavy atom. The number of rotatable bonds is 3. The Labute approximate surface area is 119 Å². The molecule has 0 bridgehead atoms. The van der Waals surface area contributed by atoms with Gasteiger partial charge in [0, 0.05) is 23.6 Å². The lowest BCUT2D eigenvalue weighted by Gasteiger charge is -2.11. The van der Waals surface area contributed by atoms with Crippen molar-refractivity contribution in [2.75, 3.05) is 5.32 Å². The summed E-state index contributed by atoms with van der Waals surface area (Å²) >= 11 is 0. The lowest BCUT2D eigenvalue weighted by Crippen LogP contribution is -2.11. The minimum atomic E-state index is -0.0963. The monoisotopic (exact) mass is 266 g/mol. The van der Waals surface area contributed by atoms with Crippen molar-refractivity contribution in [2.45, 2.75) is 31.6 Å². The molecule has 0 unspecified atom stereocenters. The highest BCUT2D eigenvalue weighted by Gasteiger charge is 2.16. The molecular formula is C17H18N2O. The van der Waals surface area contributed by atoms with Crippen LogP contribution in [0, 0.1) is 0 Å². The van der Waals surface area contributed by atoms with Crippen LogP contribution < -0.4 is 5.32 Å². The molecular weight excluding hydrogens is 248 g/mol. The number of carbonyl (C=O) groups is 1. The van der Waals surface area contributed by atoms with Gasteiger partial charge in [0.1, 0.15) is 0 Å². The molecule has 0 spiro atoms. The van der Waals surface area contributed by atoms with E-state index < -0.39 is 0 Å². The van der Waals surface area contributed by atoms with E-state index in [1.54, 1.807) is 24.5 Å². The van der Waals surface area contributed by atoms with Gasteiger partial charge < -0.3 is 5.32 Å². The van der Waals surface area contributed by atoms with Gasteiger partial charge in [0.2, 0.25) is 0 Å². The molecule has 3 heteroatoms. The minimum Gasteiger partial charge on any atom is -0.322 e. The Bertz CT molecular complexity index is 572. The second kappa shape index (κ2) is 5.87. The van der Waals surface area contributed by atoms with E-state index in [4.69, 9.17) is 0 Å². The first kappa shape index (κ1) is 12.9. The van der Waals surface area contributed by atoms with Crippen molar-refractivity contribution in [1.29, 1.82) is 0 Å². The van der Waals surface area contributed by atoms with E-state index in [1.165, 1.54) is 31.2 Å². The molecule has 1 aliphatic rings. The van der Waals surface area contributed by atoms with Crippen LogP contribution in [0.2, 0.25) is 0 Å². The molecule has 1 aromatic heterocycles. The number of carbonyl (C=O) groups excluding carboxylic acids is 1. The van der Waals surface area contributed by atoms with E-state index in [1.807, 2.05) is 12.1 Å². The highest BCUT2D eigenvalue weighted by Crippen LogP contribution is 2.34. The second-order valence-electron chi connectivity index (χ2n) is 5.29. The Balaban J connectivity index is 1.67. The molecule has 1 fully saturated rings. The number of benzene rings is 1. The third-order valence-electron chi connectivity index (χ3n) is 3.94. The maximum atomic E-state index is 12.0. The van der Waals surface area contributed by atoms with E-state index >= 15 is 0 Å². The van der Waals surface area contributed by atoms with Crippen LogP contribution in [0.15, 0.2) is 48.8 Å². The SMILES string of the molecule is O=C(Nc1ccc(C2CCCC2)cc1)c1ccncc1. The summed E-state index contributed by atoms with van der Waals surface area (Å²) in [6.45, 7) is 0. The largest absolute Gasteiger partial charge is 0.322 e.